The minimum absolute atomic E-state index is 0.228. The number of ether oxygens (including phenoxy) is 1. The zero-order chi connectivity index (χ0) is 16.4. The summed E-state index contributed by atoms with van der Waals surface area (Å²) in [6.07, 6.45) is 4.90. The molecular formula is C17H17N5O2. The molecule has 2 aromatic heterocycles. The Hall–Kier alpha value is -2.93. The van der Waals surface area contributed by atoms with E-state index in [2.05, 4.69) is 20.3 Å². The monoisotopic (exact) mass is 323 g/mol. The average Bonchev–Trinajstić information content (AvgIpc) is 3.06. The molecule has 3 heterocycles. The average molecular weight is 323 g/mol. The lowest BCUT2D eigenvalue weighted by atomic mass is 10.2. The molecule has 0 atom stereocenters. The van der Waals surface area contributed by atoms with Gasteiger partial charge in [-0.1, -0.05) is 18.2 Å². The van der Waals surface area contributed by atoms with E-state index in [0.717, 1.165) is 29.7 Å². The summed E-state index contributed by atoms with van der Waals surface area (Å²) in [6, 6.07) is 7.80. The number of morpholine rings is 1. The van der Waals surface area contributed by atoms with Gasteiger partial charge < -0.3 is 19.9 Å². The third kappa shape index (κ3) is 2.81. The normalized spacial score (nSPS) is 14.8. The molecule has 1 amide bonds. The molecule has 0 unspecified atom stereocenters. The van der Waals surface area contributed by atoms with Crippen LogP contribution in [0, 0.1) is 0 Å². The number of hydrogen-bond acceptors (Lipinski definition) is 5. The molecule has 0 spiro atoms. The summed E-state index contributed by atoms with van der Waals surface area (Å²) in [7, 11) is 0. The molecule has 0 radical (unpaired) electrons. The molecule has 1 aliphatic rings. The van der Waals surface area contributed by atoms with Crippen LogP contribution >= 0.6 is 0 Å². The highest BCUT2D eigenvalue weighted by Crippen LogP contribution is 2.23. The standard InChI is InChI=1S/C17H17N5O2/c23-16(21-15-11-18-14-4-2-1-3-13(14)15)12-9-19-17(20-10-12)22-5-7-24-8-6-22/h1-4,9-11,18H,5-8H2,(H,21,23). The molecule has 7 heteroatoms. The molecule has 0 aliphatic carbocycles. The van der Waals surface area contributed by atoms with E-state index in [0.29, 0.717) is 24.7 Å². The fourth-order valence-corrected chi connectivity index (χ4v) is 2.73. The highest BCUT2D eigenvalue weighted by Gasteiger charge is 2.15. The van der Waals surface area contributed by atoms with Gasteiger partial charge in [-0.2, -0.15) is 0 Å². The van der Waals surface area contributed by atoms with E-state index < -0.39 is 0 Å². The number of fused-ring (bicyclic) bond motifs is 1. The number of anilines is 2. The van der Waals surface area contributed by atoms with Gasteiger partial charge in [0.1, 0.15) is 0 Å². The topological polar surface area (TPSA) is 83.1 Å². The summed E-state index contributed by atoms with van der Waals surface area (Å²) in [4.78, 5) is 26.2. The van der Waals surface area contributed by atoms with Crippen molar-refractivity contribution in [2.75, 3.05) is 36.5 Å². The molecule has 3 aromatic rings. The van der Waals surface area contributed by atoms with Gasteiger partial charge in [-0.15, -0.1) is 0 Å². The number of hydrogen-bond donors (Lipinski definition) is 2. The highest BCUT2D eigenvalue weighted by molar-refractivity contribution is 6.08. The van der Waals surface area contributed by atoms with Gasteiger partial charge in [-0.05, 0) is 6.07 Å². The molecule has 0 saturated carbocycles. The second-order valence-corrected chi connectivity index (χ2v) is 5.57. The van der Waals surface area contributed by atoms with Gasteiger partial charge in [0, 0.05) is 42.6 Å². The van der Waals surface area contributed by atoms with E-state index in [1.165, 1.54) is 0 Å². The number of H-pyrrole nitrogens is 1. The van der Waals surface area contributed by atoms with Gasteiger partial charge in [0.2, 0.25) is 5.95 Å². The maximum absolute atomic E-state index is 12.4. The van der Waals surface area contributed by atoms with Crippen LogP contribution in [0.15, 0.2) is 42.9 Å². The van der Waals surface area contributed by atoms with Crippen molar-refractivity contribution in [2.24, 2.45) is 0 Å². The minimum atomic E-state index is -0.228. The van der Waals surface area contributed by atoms with Crippen LogP contribution in [0.1, 0.15) is 10.4 Å². The predicted molar refractivity (Wildman–Crippen MR) is 91.3 cm³/mol. The van der Waals surface area contributed by atoms with E-state index in [-0.39, 0.29) is 5.91 Å². The third-order valence-corrected chi connectivity index (χ3v) is 4.03. The van der Waals surface area contributed by atoms with Gasteiger partial charge in [-0.3, -0.25) is 4.79 Å². The molecule has 24 heavy (non-hydrogen) atoms. The summed E-state index contributed by atoms with van der Waals surface area (Å²) in [5.41, 5.74) is 2.15. The summed E-state index contributed by atoms with van der Waals surface area (Å²) in [5, 5.41) is 3.87. The first-order chi connectivity index (χ1) is 11.8. The first-order valence-electron chi connectivity index (χ1n) is 7.83. The number of nitrogens with zero attached hydrogens (tertiary/aromatic N) is 3. The molecular weight excluding hydrogens is 306 g/mol. The Bertz CT molecular complexity index is 853. The largest absolute Gasteiger partial charge is 0.378 e. The SMILES string of the molecule is O=C(Nc1c[nH]c2ccccc12)c1cnc(N2CCOCC2)nc1. The Morgan fingerprint density at radius 1 is 1.17 bits per heavy atom. The second kappa shape index (κ2) is 6.29. The van der Waals surface area contributed by atoms with Gasteiger partial charge in [0.15, 0.2) is 0 Å². The predicted octanol–water partition coefficient (Wildman–Crippen LogP) is 2.05. The number of carbonyl (C=O) groups is 1. The van der Waals surface area contributed by atoms with Crippen molar-refractivity contribution in [1.82, 2.24) is 15.0 Å². The summed E-state index contributed by atoms with van der Waals surface area (Å²) in [5.74, 6) is 0.398. The van der Waals surface area contributed by atoms with Gasteiger partial charge in [-0.25, -0.2) is 9.97 Å². The lowest BCUT2D eigenvalue weighted by Gasteiger charge is -2.26. The van der Waals surface area contributed by atoms with Crippen LogP contribution in [-0.2, 0) is 4.74 Å². The molecule has 1 aliphatic heterocycles. The van der Waals surface area contributed by atoms with E-state index in [9.17, 15) is 4.79 Å². The number of amides is 1. The number of rotatable bonds is 3. The third-order valence-electron chi connectivity index (χ3n) is 4.03. The van der Waals surface area contributed by atoms with Gasteiger partial charge in [0.25, 0.3) is 5.91 Å². The maximum atomic E-state index is 12.4. The zero-order valence-corrected chi connectivity index (χ0v) is 13.0. The first kappa shape index (κ1) is 14.6. The van der Waals surface area contributed by atoms with Crippen molar-refractivity contribution < 1.29 is 9.53 Å². The van der Waals surface area contributed by atoms with Crippen LogP contribution in [0.25, 0.3) is 10.9 Å². The van der Waals surface area contributed by atoms with Crippen LogP contribution in [0.3, 0.4) is 0 Å². The lowest BCUT2D eigenvalue weighted by Crippen LogP contribution is -2.37. The summed E-state index contributed by atoms with van der Waals surface area (Å²) >= 11 is 0. The summed E-state index contributed by atoms with van der Waals surface area (Å²) < 4.78 is 5.31. The number of aromatic amines is 1. The second-order valence-electron chi connectivity index (χ2n) is 5.57. The fraction of sp³-hybridized carbons (Fsp3) is 0.235. The van der Waals surface area contributed by atoms with Gasteiger partial charge in [0.05, 0.1) is 24.5 Å². The van der Waals surface area contributed by atoms with Crippen molar-refractivity contribution in [2.45, 2.75) is 0 Å². The van der Waals surface area contributed by atoms with E-state index in [1.54, 1.807) is 18.6 Å². The zero-order valence-electron chi connectivity index (χ0n) is 13.0. The number of benzene rings is 1. The van der Waals surface area contributed by atoms with Crippen LogP contribution in [-0.4, -0.2) is 47.2 Å². The fourth-order valence-electron chi connectivity index (χ4n) is 2.73. The van der Waals surface area contributed by atoms with Crippen molar-refractivity contribution in [1.29, 1.82) is 0 Å². The number of aromatic nitrogens is 3. The molecule has 122 valence electrons. The van der Waals surface area contributed by atoms with Gasteiger partial charge >= 0.3 is 0 Å². The van der Waals surface area contributed by atoms with Crippen molar-refractivity contribution in [3.05, 3.63) is 48.4 Å². The Morgan fingerprint density at radius 3 is 2.71 bits per heavy atom. The smallest absolute Gasteiger partial charge is 0.258 e. The Balaban J connectivity index is 1.50. The molecule has 4 rings (SSSR count). The van der Waals surface area contributed by atoms with Crippen molar-refractivity contribution >= 4 is 28.4 Å². The van der Waals surface area contributed by atoms with Crippen LogP contribution in [0.2, 0.25) is 0 Å². The van der Waals surface area contributed by atoms with E-state index in [1.807, 2.05) is 29.2 Å². The van der Waals surface area contributed by atoms with E-state index in [4.69, 9.17) is 4.74 Å². The molecule has 1 aromatic carbocycles. The maximum Gasteiger partial charge on any atom is 0.258 e. The van der Waals surface area contributed by atoms with Crippen LogP contribution in [0.5, 0.6) is 0 Å². The molecule has 1 saturated heterocycles. The van der Waals surface area contributed by atoms with Crippen LogP contribution < -0.4 is 10.2 Å². The lowest BCUT2D eigenvalue weighted by molar-refractivity contribution is 0.102. The number of nitrogens with one attached hydrogen (secondary N) is 2. The summed E-state index contributed by atoms with van der Waals surface area (Å²) in [6.45, 7) is 2.88. The van der Waals surface area contributed by atoms with E-state index >= 15 is 0 Å². The molecule has 7 nitrogen and oxygen atoms in total. The number of carbonyl (C=O) groups excluding carboxylic acids is 1. The Kier molecular flexibility index (Phi) is 3.84. The van der Waals surface area contributed by atoms with Crippen molar-refractivity contribution in [3.63, 3.8) is 0 Å². The molecule has 1 fully saturated rings. The molecule has 0 bridgehead atoms. The highest BCUT2D eigenvalue weighted by atomic mass is 16.5. The van der Waals surface area contributed by atoms with Crippen molar-refractivity contribution in [3.8, 4) is 0 Å². The van der Waals surface area contributed by atoms with Crippen LogP contribution in [0.4, 0.5) is 11.6 Å². The quantitative estimate of drug-likeness (QED) is 0.771. The Morgan fingerprint density at radius 2 is 1.92 bits per heavy atom. The first-order valence-corrected chi connectivity index (χ1v) is 7.83. The Labute approximate surface area is 138 Å². The minimum Gasteiger partial charge on any atom is -0.378 e. The number of para-hydroxylation sites is 1. The molecule has 2 N–H and O–H groups in total.